The zero-order valence-corrected chi connectivity index (χ0v) is 12.3. The van der Waals surface area contributed by atoms with Crippen LogP contribution >= 0.6 is 11.8 Å². The molecule has 2 aliphatic rings. The van der Waals surface area contributed by atoms with Gasteiger partial charge in [-0.1, -0.05) is 20.3 Å². The number of nitrogens with one attached hydrogen (secondary N) is 1. The first-order valence-electron chi connectivity index (χ1n) is 7.25. The van der Waals surface area contributed by atoms with Gasteiger partial charge in [-0.25, -0.2) is 0 Å². The molecule has 1 saturated heterocycles. The Labute approximate surface area is 111 Å². The Hall–Kier alpha value is 0.270. The highest BCUT2D eigenvalue weighted by Gasteiger charge is 2.30. The van der Waals surface area contributed by atoms with Crippen LogP contribution < -0.4 is 5.32 Å². The summed E-state index contributed by atoms with van der Waals surface area (Å²) < 4.78 is 0. The van der Waals surface area contributed by atoms with E-state index >= 15 is 0 Å². The van der Waals surface area contributed by atoms with Gasteiger partial charge in [0.2, 0.25) is 0 Å². The van der Waals surface area contributed by atoms with Gasteiger partial charge in [0.05, 0.1) is 0 Å². The molecule has 1 saturated carbocycles. The number of hydrogen-bond acceptors (Lipinski definition) is 3. The highest BCUT2D eigenvalue weighted by Crippen LogP contribution is 2.27. The molecule has 0 aromatic rings. The highest BCUT2D eigenvalue weighted by atomic mass is 32.2. The van der Waals surface area contributed by atoms with Crippen LogP contribution in [-0.4, -0.2) is 48.6 Å². The van der Waals surface area contributed by atoms with Crippen molar-refractivity contribution < 1.29 is 0 Å². The van der Waals surface area contributed by atoms with Gasteiger partial charge < -0.3 is 10.2 Å². The lowest BCUT2D eigenvalue weighted by molar-refractivity contribution is 0.159. The maximum absolute atomic E-state index is 3.74. The Balaban J connectivity index is 1.79. The third-order valence-corrected chi connectivity index (χ3v) is 4.90. The summed E-state index contributed by atoms with van der Waals surface area (Å²) in [4.78, 5) is 2.68. The van der Waals surface area contributed by atoms with E-state index < -0.39 is 0 Å². The quantitative estimate of drug-likeness (QED) is 0.754. The third kappa shape index (κ3) is 4.80. The van der Waals surface area contributed by atoms with E-state index in [-0.39, 0.29) is 0 Å². The predicted molar refractivity (Wildman–Crippen MR) is 77.8 cm³/mol. The van der Waals surface area contributed by atoms with Crippen molar-refractivity contribution in [3.63, 3.8) is 0 Å². The predicted octanol–water partition coefficient (Wildman–Crippen LogP) is 2.59. The lowest BCUT2D eigenvalue weighted by atomic mass is 9.84. The van der Waals surface area contributed by atoms with Gasteiger partial charge in [-0.05, 0) is 24.7 Å². The first-order chi connectivity index (χ1) is 8.22. The molecule has 17 heavy (non-hydrogen) atoms. The molecule has 1 aliphatic carbocycles. The van der Waals surface area contributed by atoms with Crippen LogP contribution in [0.15, 0.2) is 0 Å². The molecule has 0 aromatic heterocycles. The molecule has 0 aromatic carbocycles. The summed E-state index contributed by atoms with van der Waals surface area (Å²) in [6.07, 6.45) is 5.48. The molecule has 1 unspecified atom stereocenters. The van der Waals surface area contributed by atoms with Gasteiger partial charge in [0.1, 0.15) is 0 Å². The molecule has 2 rings (SSSR count). The summed E-state index contributed by atoms with van der Waals surface area (Å²) in [5.41, 5.74) is 0.485. The Morgan fingerprint density at radius 2 is 2.00 bits per heavy atom. The van der Waals surface area contributed by atoms with Crippen molar-refractivity contribution in [3.8, 4) is 0 Å². The van der Waals surface area contributed by atoms with Crippen molar-refractivity contribution in [2.75, 3.05) is 37.7 Å². The lowest BCUT2D eigenvalue weighted by Crippen LogP contribution is -2.45. The molecule has 0 radical (unpaired) electrons. The van der Waals surface area contributed by atoms with E-state index in [2.05, 4.69) is 35.8 Å². The van der Waals surface area contributed by atoms with E-state index in [0.717, 1.165) is 6.04 Å². The second-order valence-electron chi connectivity index (χ2n) is 6.10. The zero-order chi connectivity index (χ0) is 12.1. The molecule has 1 atom stereocenters. The van der Waals surface area contributed by atoms with Crippen molar-refractivity contribution in [2.24, 2.45) is 5.41 Å². The topological polar surface area (TPSA) is 15.3 Å². The third-order valence-electron chi connectivity index (χ3n) is 3.96. The minimum Gasteiger partial charge on any atom is -0.313 e. The molecule has 1 heterocycles. The Morgan fingerprint density at radius 3 is 2.59 bits per heavy atom. The van der Waals surface area contributed by atoms with Gasteiger partial charge in [0.15, 0.2) is 0 Å². The standard InChI is InChI=1S/C14H28N2S/c1-3-6-14(2,11-15-13-4-5-13)12-16-7-9-17-10-8-16/h13,15H,3-12H2,1-2H3. The van der Waals surface area contributed by atoms with Crippen LogP contribution in [0.4, 0.5) is 0 Å². The van der Waals surface area contributed by atoms with Crippen molar-refractivity contribution in [1.82, 2.24) is 10.2 Å². The molecular formula is C14H28N2S. The minimum atomic E-state index is 0.485. The fourth-order valence-corrected chi connectivity index (χ4v) is 3.78. The van der Waals surface area contributed by atoms with Crippen LogP contribution in [-0.2, 0) is 0 Å². The average Bonchev–Trinajstić information content (AvgIpc) is 3.12. The SMILES string of the molecule is CCCC(C)(CNC1CC1)CN1CCSCC1. The molecule has 1 N–H and O–H groups in total. The van der Waals surface area contributed by atoms with Crippen LogP contribution in [0.25, 0.3) is 0 Å². The number of hydrogen-bond donors (Lipinski definition) is 1. The van der Waals surface area contributed by atoms with Crippen LogP contribution in [0.2, 0.25) is 0 Å². The second-order valence-corrected chi connectivity index (χ2v) is 7.33. The molecule has 2 nitrogen and oxygen atoms in total. The van der Waals surface area contributed by atoms with Gasteiger partial charge >= 0.3 is 0 Å². The van der Waals surface area contributed by atoms with E-state index in [9.17, 15) is 0 Å². The van der Waals surface area contributed by atoms with Crippen molar-refractivity contribution in [3.05, 3.63) is 0 Å². The summed E-state index contributed by atoms with van der Waals surface area (Å²) in [6, 6.07) is 0.850. The van der Waals surface area contributed by atoms with Crippen LogP contribution in [0.5, 0.6) is 0 Å². The van der Waals surface area contributed by atoms with Crippen LogP contribution in [0.1, 0.15) is 39.5 Å². The molecule has 0 spiro atoms. The van der Waals surface area contributed by atoms with E-state index in [1.54, 1.807) is 0 Å². The average molecular weight is 256 g/mol. The maximum Gasteiger partial charge on any atom is 0.00729 e. The molecule has 100 valence electrons. The molecule has 2 fully saturated rings. The fourth-order valence-electron chi connectivity index (χ4n) is 2.80. The summed E-state index contributed by atoms with van der Waals surface area (Å²) in [7, 11) is 0. The molecular weight excluding hydrogens is 228 g/mol. The van der Waals surface area contributed by atoms with Crippen molar-refractivity contribution in [1.29, 1.82) is 0 Å². The Morgan fingerprint density at radius 1 is 1.29 bits per heavy atom. The lowest BCUT2D eigenvalue weighted by Gasteiger charge is -2.37. The Kier molecular flexibility index (Phi) is 5.19. The summed E-state index contributed by atoms with van der Waals surface area (Å²) in [5, 5.41) is 3.74. The van der Waals surface area contributed by atoms with E-state index in [1.807, 2.05) is 0 Å². The van der Waals surface area contributed by atoms with Crippen molar-refractivity contribution >= 4 is 11.8 Å². The smallest absolute Gasteiger partial charge is 0.00729 e. The minimum absolute atomic E-state index is 0.485. The zero-order valence-electron chi connectivity index (χ0n) is 11.5. The van der Waals surface area contributed by atoms with Gasteiger partial charge in [0.25, 0.3) is 0 Å². The van der Waals surface area contributed by atoms with Crippen LogP contribution in [0.3, 0.4) is 0 Å². The molecule has 0 amide bonds. The van der Waals surface area contributed by atoms with E-state index in [0.29, 0.717) is 5.41 Å². The highest BCUT2D eigenvalue weighted by molar-refractivity contribution is 7.99. The fraction of sp³-hybridized carbons (Fsp3) is 1.00. The van der Waals surface area contributed by atoms with Crippen LogP contribution in [0, 0.1) is 5.41 Å². The van der Waals surface area contributed by atoms with Gasteiger partial charge in [0, 0.05) is 43.7 Å². The maximum atomic E-state index is 3.74. The Bertz CT molecular complexity index is 224. The summed E-state index contributed by atoms with van der Waals surface area (Å²) >= 11 is 2.11. The normalized spacial score (nSPS) is 25.8. The van der Waals surface area contributed by atoms with E-state index in [1.165, 1.54) is 63.4 Å². The van der Waals surface area contributed by atoms with Crippen molar-refractivity contribution in [2.45, 2.75) is 45.6 Å². The van der Waals surface area contributed by atoms with Gasteiger partial charge in [-0.15, -0.1) is 0 Å². The summed E-state index contributed by atoms with van der Waals surface area (Å²) in [6.45, 7) is 9.91. The number of rotatable bonds is 7. The molecule has 0 bridgehead atoms. The van der Waals surface area contributed by atoms with Gasteiger partial charge in [-0.2, -0.15) is 11.8 Å². The second kappa shape index (κ2) is 6.44. The molecule has 3 heteroatoms. The van der Waals surface area contributed by atoms with Gasteiger partial charge in [-0.3, -0.25) is 0 Å². The summed E-state index contributed by atoms with van der Waals surface area (Å²) in [5.74, 6) is 2.66. The number of thioether (sulfide) groups is 1. The first kappa shape index (κ1) is 13.7. The van der Waals surface area contributed by atoms with E-state index in [4.69, 9.17) is 0 Å². The number of nitrogens with zero attached hydrogens (tertiary/aromatic N) is 1. The molecule has 1 aliphatic heterocycles. The largest absolute Gasteiger partial charge is 0.313 e. The monoisotopic (exact) mass is 256 g/mol. The first-order valence-corrected chi connectivity index (χ1v) is 8.41.